The Hall–Kier alpha value is -1.75. The molecule has 0 aliphatic heterocycles. The molecule has 0 fully saturated rings. The van der Waals surface area contributed by atoms with E-state index in [1.165, 1.54) is 7.11 Å². The molecule has 3 N–H and O–H groups in total. The van der Waals surface area contributed by atoms with Crippen LogP contribution in [-0.4, -0.2) is 37.4 Å². The molecule has 0 aliphatic carbocycles. The van der Waals surface area contributed by atoms with Crippen molar-refractivity contribution in [3.8, 4) is 0 Å². The number of nitrogens with two attached hydrogens (primary N) is 1. The van der Waals surface area contributed by atoms with Gasteiger partial charge in [0, 0.05) is 13.6 Å². The zero-order chi connectivity index (χ0) is 13.9. The number of carbonyl (C=O) groups is 1. The van der Waals surface area contributed by atoms with Crippen molar-refractivity contribution in [1.29, 1.82) is 0 Å². The molecule has 0 amide bonds. The van der Waals surface area contributed by atoms with Crippen LogP contribution in [0.1, 0.15) is 24.2 Å². The first kappa shape index (κ1) is 14.3. The van der Waals surface area contributed by atoms with Crippen LogP contribution in [-0.2, 0) is 4.74 Å². The minimum absolute atomic E-state index is 0.405. The Balaban J connectivity index is 3.04. The van der Waals surface area contributed by atoms with Gasteiger partial charge in [0.2, 0.25) is 0 Å². The van der Waals surface area contributed by atoms with E-state index < -0.39 is 11.6 Å². The molecule has 0 saturated carbocycles. The van der Waals surface area contributed by atoms with Crippen molar-refractivity contribution < 1.29 is 14.6 Å². The van der Waals surface area contributed by atoms with E-state index in [4.69, 9.17) is 5.73 Å². The Morgan fingerprint density at radius 2 is 2.11 bits per heavy atom. The molecule has 0 heterocycles. The summed E-state index contributed by atoms with van der Waals surface area (Å²) < 4.78 is 4.66. The molecule has 0 radical (unpaired) electrons. The van der Waals surface area contributed by atoms with Gasteiger partial charge in [0.1, 0.15) is 0 Å². The van der Waals surface area contributed by atoms with E-state index in [9.17, 15) is 9.90 Å². The highest BCUT2D eigenvalue weighted by atomic mass is 16.5. The fourth-order valence-corrected chi connectivity index (χ4v) is 1.78. The van der Waals surface area contributed by atoms with Crippen LogP contribution in [0, 0.1) is 0 Å². The summed E-state index contributed by atoms with van der Waals surface area (Å²) in [5, 5.41) is 9.79. The molecular weight excluding hydrogens is 232 g/mol. The molecule has 0 unspecified atom stereocenters. The zero-order valence-electron chi connectivity index (χ0n) is 11.2. The predicted octanol–water partition coefficient (Wildman–Crippen LogP) is 1.26. The van der Waals surface area contributed by atoms with E-state index in [2.05, 4.69) is 4.74 Å². The fourth-order valence-electron chi connectivity index (χ4n) is 1.78. The number of methoxy groups -OCH3 is 1. The Labute approximate surface area is 107 Å². The molecule has 0 aromatic heterocycles. The van der Waals surface area contributed by atoms with E-state index >= 15 is 0 Å². The van der Waals surface area contributed by atoms with Gasteiger partial charge in [-0.25, -0.2) is 4.79 Å². The highest BCUT2D eigenvalue weighted by Gasteiger charge is 2.18. The van der Waals surface area contributed by atoms with Crippen LogP contribution >= 0.6 is 0 Å². The van der Waals surface area contributed by atoms with Gasteiger partial charge in [0.15, 0.2) is 0 Å². The van der Waals surface area contributed by atoms with Gasteiger partial charge in [-0.3, -0.25) is 0 Å². The minimum Gasteiger partial charge on any atom is -0.465 e. The number of benzene rings is 1. The van der Waals surface area contributed by atoms with Gasteiger partial charge in [-0.1, -0.05) is 0 Å². The van der Waals surface area contributed by atoms with Crippen molar-refractivity contribution in [2.75, 3.05) is 31.3 Å². The SMILES string of the molecule is COC(=O)c1ccc(N)c(N(C)CC(C)(C)O)c1. The van der Waals surface area contributed by atoms with E-state index in [0.29, 0.717) is 23.5 Å². The molecule has 18 heavy (non-hydrogen) atoms. The lowest BCUT2D eigenvalue weighted by Gasteiger charge is -2.28. The van der Waals surface area contributed by atoms with Crippen LogP contribution in [0.15, 0.2) is 18.2 Å². The van der Waals surface area contributed by atoms with E-state index in [0.717, 1.165) is 0 Å². The third kappa shape index (κ3) is 3.63. The molecular formula is C13H20N2O3. The average molecular weight is 252 g/mol. The number of rotatable bonds is 4. The van der Waals surface area contributed by atoms with Gasteiger partial charge in [-0.2, -0.15) is 0 Å². The summed E-state index contributed by atoms with van der Waals surface area (Å²) in [6, 6.07) is 4.93. The minimum atomic E-state index is -0.845. The van der Waals surface area contributed by atoms with Crippen molar-refractivity contribution in [2.24, 2.45) is 0 Å². The second-order valence-electron chi connectivity index (χ2n) is 4.93. The van der Waals surface area contributed by atoms with Crippen LogP contribution < -0.4 is 10.6 Å². The van der Waals surface area contributed by atoms with Crippen LogP contribution in [0.3, 0.4) is 0 Å². The molecule has 0 atom stereocenters. The number of aliphatic hydroxyl groups is 1. The third-order valence-electron chi connectivity index (χ3n) is 2.49. The second-order valence-corrected chi connectivity index (χ2v) is 4.93. The summed E-state index contributed by atoms with van der Waals surface area (Å²) in [4.78, 5) is 13.3. The van der Waals surface area contributed by atoms with Crippen LogP contribution in [0.25, 0.3) is 0 Å². The normalized spacial score (nSPS) is 11.2. The van der Waals surface area contributed by atoms with Crippen molar-refractivity contribution in [3.05, 3.63) is 23.8 Å². The Morgan fingerprint density at radius 3 is 2.61 bits per heavy atom. The van der Waals surface area contributed by atoms with Crippen LogP contribution in [0.2, 0.25) is 0 Å². The molecule has 5 nitrogen and oxygen atoms in total. The molecule has 1 aromatic carbocycles. The summed E-state index contributed by atoms with van der Waals surface area (Å²) in [6.07, 6.45) is 0. The van der Waals surface area contributed by atoms with E-state index in [1.54, 1.807) is 32.0 Å². The van der Waals surface area contributed by atoms with Gasteiger partial charge in [-0.15, -0.1) is 0 Å². The monoisotopic (exact) mass is 252 g/mol. The maximum absolute atomic E-state index is 11.5. The fraction of sp³-hybridized carbons (Fsp3) is 0.462. The van der Waals surface area contributed by atoms with Gasteiger partial charge in [0.05, 0.1) is 29.6 Å². The lowest BCUT2D eigenvalue weighted by atomic mass is 10.1. The van der Waals surface area contributed by atoms with Crippen molar-refractivity contribution in [1.82, 2.24) is 0 Å². The van der Waals surface area contributed by atoms with Gasteiger partial charge in [-0.05, 0) is 32.0 Å². The average Bonchev–Trinajstić information content (AvgIpc) is 2.26. The maximum atomic E-state index is 11.5. The number of hydrogen-bond donors (Lipinski definition) is 2. The van der Waals surface area contributed by atoms with Crippen LogP contribution in [0.4, 0.5) is 11.4 Å². The first-order valence-corrected chi connectivity index (χ1v) is 5.66. The predicted molar refractivity (Wildman–Crippen MR) is 71.8 cm³/mol. The summed E-state index contributed by atoms with van der Waals surface area (Å²) in [6.45, 7) is 3.83. The smallest absolute Gasteiger partial charge is 0.337 e. The summed E-state index contributed by atoms with van der Waals surface area (Å²) in [7, 11) is 3.14. The summed E-state index contributed by atoms with van der Waals surface area (Å²) in [5.41, 5.74) is 6.71. The largest absolute Gasteiger partial charge is 0.465 e. The van der Waals surface area contributed by atoms with Crippen LogP contribution in [0.5, 0.6) is 0 Å². The van der Waals surface area contributed by atoms with Crippen molar-refractivity contribution >= 4 is 17.3 Å². The molecule has 0 bridgehead atoms. The Morgan fingerprint density at radius 1 is 1.50 bits per heavy atom. The van der Waals surface area contributed by atoms with Gasteiger partial charge >= 0.3 is 5.97 Å². The quantitative estimate of drug-likeness (QED) is 0.623. The number of nitrogens with zero attached hydrogens (tertiary/aromatic N) is 1. The molecule has 0 saturated heterocycles. The summed E-state index contributed by atoms with van der Waals surface area (Å²) in [5.74, 6) is -0.409. The van der Waals surface area contributed by atoms with Crippen molar-refractivity contribution in [3.63, 3.8) is 0 Å². The zero-order valence-corrected chi connectivity index (χ0v) is 11.2. The lowest BCUT2D eigenvalue weighted by Crippen LogP contribution is -2.36. The topological polar surface area (TPSA) is 75.8 Å². The maximum Gasteiger partial charge on any atom is 0.337 e. The first-order valence-electron chi connectivity index (χ1n) is 5.66. The highest BCUT2D eigenvalue weighted by Crippen LogP contribution is 2.25. The first-order chi connectivity index (χ1) is 8.24. The number of likely N-dealkylation sites (N-methyl/N-ethyl adjacent to an activating group) is 1. The molecule has 0 spiro atoms. The molecule has 1 aromatic rings. The number of ether oxygens (including phenoxy) is 1. The lowest BCUT2D eigenvalue weighted by molar-refractivity contribution is 0.0601. The number of carbonyl (C=O) groups excluding carboxylic acids is 1. The standard InChI is InChI=1S/C13H20N2O3/c1-13(2,17)8-15(3)11-7-9(12(16)18-4)5-6-10(11)14/h5-7,17H,8,14H2,1-4H3. The Kier molecular flexibility index (Phi) is 4.19. The highest BCUT2D eigenvalue weighted by molar-refractivity contribution is 5.92. The van der Waals surface area contributed by atoms with Crippen molar-refractivity contribution in [2.45, 2.75) is 19.4 Å². The summed E-state index contributed by atoms with van der Waals surface area (Å²) >= 11 is 0. The van der Waals surface area contributed by atoms with Gasteiger partial charge < -0.3 is 20.5 Å². The number of hydrogen-bond acceptors (Lipinski definition) is 5. The third-order valence-corrected chi connectivity index (χ3v) is 2.49. The number of nitrogen functional groups attached to an aromatic ring is 1. The molecule has 5 heteroatoms. The second kappa shape index (κ2) is 5.27. The number of anilines is 2. The van der Waals surface area contributed by atoms with E-state index in [-0.39, 0.29) is 0 Å². The van der Waals surface area contributed by atoms with Gasteiger partial charge in [0.25, 0.3) is 0 Å². The molecule has 0 aliphatic rings. The molecule has 100 valence electrons. The Bertz CT molecular complexity index is 438. The number of esters is 1. The molecule has 1 rings (SSSR count). The van der Waals surface area contributed by atoms with E-state index in [1.807, 2.05) is 11.9 Å².